The lowest BCUT2D eigenvalue weighted by Gasteiger charge is -2.12. The van der Waals surface area contributed by atoms with Gasteiger partial charge in [0.25, 0.3) is 6.07 Å². The Hall–Kier alpha value is -1.97. The number of carbonyl (C=O) groups is 2. The lowest BCUT2D eigenvalue weighted by Crippen LogP contribution is -2.36. The van der Waals surface area contributed by atoms with Gasteiger partial charge in [-0.05, 0) is 31.2 Å². The molecule has 1 aliphatic rings. The van der Waals surface area contributed by atoms with Crippen LogP contribution in [0.1, 0.15) is 39.0 Å². The Morgan fingerprint density at radius 2 is 2.43 bits per heavy atom. The molecule has 1 rings (SSSR count). The van der Waals surface area contributed by atoms with Crippen molar-refractivity contribution in [3.05, 3.63) is 28.8 Å². The van der Waals surface area contributed by atoms with Gasteiger partial charge in [0.15, 0.2) is 0 Å². The molecule has 2 atom stereocenters. The Bertz CT molecular complexity index is 516. The second-order valence-electron chi connectivity index (χ2n) is 5.74. The summed E-state index contributed by atoms with van der Waals surface area (Å²) in [5, 5.41) is 5.72. The number of aldehydes is 1. The van der Waals surface area contributed by atoms with Crippen LogP contribution in [0, 0.1) is 12.0 Å². The number of amides is 1. The van der Waals surface area contributed by atoms with Crippen molar-refractivity contribution >= 4 is 12.2 Å². The number of nitrogens with zero attached hydrogens (tertiary/aromatic N) is 1. The van der Waals surface area contributed by atoms with E-state index in [1.54, 1.807) is 0 Å². The van der Waals surface area contributed by atoms with Crippen molar-refractivity contribution in [3.63, 3.8) is 0 Å². The third kappa shape index (κ3) is 7.73. The Morgan fingerprint density at radius 3 is 3.09 bits per heavy atom. The molecule has 0 spiro atoms. The third-order valence-corrected chi connectivity index (χ3v) is 3.69. The molecule has 0 aromatic carbocycles. The lowest BCUT2D eigenvalue weighted by molar-refractivity contribution is -0.124. The summed E-state index contributed by atoms with van der Waals surface area (Å²) in [5.74, 6) is 0.116. The first-order valence-electron chi connectivity index (χ1n) is 8.02. The molecule has 1 aliphatic heterocycles. The van der Waals surface area contributed by atoms with Gasteiger partial charge in [0, 0.05) is 25.1 Å². The van der Waals surface area contributed by atoms with E-state index < -0.39 is 6.04 Å². The lowest BCUT2D eigenvalue weighted by atomic mass is 9.95. The van der Waals surface area contributed by atoms with Gasteiger partial charge in [0.2, 0.25) is 5.91 Å². The van der Waals surface area contributed by atoms with E-state index in [0.717, 1.165) is 36.9 Å². The molecule has 0 radical (unpaired) electrons. The van der Waals surface area contributed by atoms with Crippen LogP contribution >= 0.6 is 0 Å². The van der Waals surface area contributed by atoms with Gasteiger partial charge in [-0.2, -0.15) is 0 Å². The molecule has 2 unspecified atom stereocenters. The number of nitrogens with one attached hydrogen (secondary N) is 2. The second-order valence-corrected chi connectivity index (χ2v) is 5.74. The highest BCUT2D eigenvalue weighted by Crippen LogP contribution is 2.23. The maximum atomic E-state index is 11.9. The second kappa shape index (κ2) is 10.7. The highest BCUT2D eigenvalue weighted by atomic mass is 16.2. The van der Waals surface area contributed by atoms with Crippen molar-refractivity contribution < 1.29 is 9.59 Å². The molecule has 0 saturated carbocycles. The van der Waals surface area contributed by atoms with E-state index in [0.29, 0.717) is 25.9 Å². The minimum Gasteiger partial charge on any atom is -0.347 e. The molecular weight excluding hydrogens is 292 g/mol. The van der Waals surface area contributed by atoms with Crippen LogP contribution in [0.3, 0.4) is 0 Å². The molecule has 0 aromatic heterocycles. The zero-order chi connectivity index (χ0) is 17.1. The smallest absolute Gasteiger partial charge is 0.314 e. The molecule has 23 heavy (non-hydrogen) atoms. The maximum absolute atomic E-state index is 11.9. The minimum absolute atomic E-state index is 0.137. The van der Waals surface area contributed by atoms with Gasteiger partial charge in [0.1, 0.15) is 6.29 Å². The molecule has 0 fully saturated rings. The predicted molar refractivity (Wildman–Crippen MR) is 91.8 cm³/mol. The average Bonchev–Trinajstić information content (AvgIpc) is 2.56. The fourth-order valence-corrected chi connectivity index (χ4v) is 2.27. The molecule has 0 aromatic rings. The fourth-order valence-electron chi connectivity index (χ4n) is 2.27. The van der Waals surface area contributed by atoms with Crippen molar-refractivity contribution in [1.82, 2.24) is 10.6 Å². The van der Waals surface area contributed by atoms with Gasteiger partial charge >= 0.3 is 5.70 Å². The first-order valence-corrected chi connectivity index (χ1v) is 8.02. The number of hydrogen-bond donors (Lipinski definition) is 3. The van der Waals surface area contributed by atoms with Crippen molar-refractivity contribution in [2.24, 2.45) is 11.7 Å². The molecule has 6 heteroatoms. The predicted octanol–water partition coefficient (Wildman–Crippen LogP) is 1.55. The van der Waals surface area contributed by atoms with Gasteiger partial charge in [0.05, 0.1) is 18.9 Å². The Balaban J connectivity index is 2.34. The summed E-state index contributed by atoms with van der Waals surface area (Å²) in [6.45, 7) is 7.07. The minimum atomic E-state index is -0.444. The van der Waals surface area contributed by atoms with Crippen LogP contribution in [0.2, 0.25) is 0 Å². The van der Waals surface area contributed by atoms with Crippen molar-refractivity contribution in [3.8, 4) is 6.07 Å². The maximum Gasteiger partial charge on any atom is 0.314 e. The van der Waals surface area contributed by atoms with Crippen LogP contribution in [0.5, 0.6) is 0 Å². The summed E-state index contributed by atoms with van der Waals surface area (Å²) in [6.07, 6.45) is 5.81. The zero-order valence-corrected chi connectivity index (χ0v) is 13.8. The summed E-state index contributed by atoms with van der Waals surface area (Å²) in [6, 6.07) is 2.53. The van der Waals surface area contributed by atoms with Crippen LogP contribution in [-0.2, 0) is 9.59 Å². The Kier molecular flexibility index (Phi) is 8.88. The topological polar surface area (TPSA) is 88.6 Å². The largest absolute Gasteiger partial charge is 0.347 e. The van der Waals surface area contributed by atoms with E-state index in [9.17, 15) is 9.59 Å². The molecular formula is C17H27N4O2+. The molecule has 4 N–H and O–H groups in total. The first-order chi connectivity index (χ1) is 11.1. The summed E-state index contributed by atoms with van der Waals surface area (Å²) in [7, 11) is 0. The molecule has 126 valence electrons. The van der Waals surface area contributed by atoms with Crippen LogP contribution in [0.15, 0.2) is 23.9 Å². The molecule has 0 saturated heterocycles. The number of hydrogen-bond acceptors (Lipinski definition) is 4. The van der Waals surface area contributed by atoms with Crippen LogP contribution in [-0.4, -0.2) is 31.4 Å². The Labute approximate surface area is 138 Å². The summed E-state index contributed by atoms with van der Waals surface area (Å²) >= 11 is 0. The fraction of sp³-hybridized carbons (Fsp3) is 0.588. The van der Waals surface area contributed by atoms with Gasteiger partial charge in [-0.1, -0.05) is 12.2 Å². The van der Waals surface area contributed by atoms with Crippen LogP contribution < -0.4 is 16.4 Å². The van der Waals surface area contributed by atoms with Crippen molar-refractivity contribution in [2.75, 3.05) is 13.2 Å². The highest BCUT2D eigenvalue weighted by Gasteiger charge is 2.21. The number of carbonyl (C=O) groups excluding carboxylic acids is 2. The van der Waals surface area contributed by atoms with Gasteiger partial charge in [-0.25, -0.2) is 0 Å². The molecule has 0 bridgehead atoms. The zero-order valence-electron chi connectivity index (χ0n) is 13.8. The van der Waals surface area contributed by atoms with Crippen molar-refractivity contribution in [1.29, 1.82) is 0 Å². The van der Waals surface area contributed by atoms with Crippen molar-refractivity contribution in [2.45, 2.75) is 45.1 Å². The monoisotopic (exact) mass is 319 g/mol. The summed E-state index contributed by atoms with van der Waals surface area (Å²) < 4.78 is 0. The van der Waals surface area contributed by atoms with E-state index >= 15 is 0 Å². The number of allylic oxidation sites excluding steroid dienone is 3. The summed E-state index contributed by atoms with van der Waals surface area (Å²) in [4.78, 5) is 27.2. The number of rotatable bonds is 11. The molecule has 1 heterocycles. The standard InChI is InChI=1S/C17H26N4O2/c1-13(2)14-7-9-20-15(10-14)5-6-17(23)21-16(11-22)4-3-8-19-12-18/h10-11,14,16,19H,1,3-8,12,18H2,2H3/p+1. The quantitative estimate of drug-likeness (QED) is 0.233. The van der Waals surface area contributed by atoms with E-state index in [1.807, 2.05) is 13.0 Å². The number of nitrogens with two attached hydrogens (primary N) is 1. The normalized spacial score (nSPS) is 17.5. The van der Waals surface area contributed by atoms with Gasteiger partial charge in [-0.15, -0.1) is 0 Å². The average molecular weight is 319 g/mol. The van der Waals surface area contributed by atoms with Crippen LogP contribution in [0.25, 0.3) is 4.85 Å². The Morgan fingerprint density at radius 1 is 1.65 bits per heavy atom. The van der Waals surface area contributed by atoms with Crippen LogP contribution in [0.4, 0.5) is 0 Å². The van der Waals surface area contributed by atoms with E-state index in [2.05, 4.69) is 28.1 Å². The van der Waals surface area contributed by atoms with Gasteiger partial charge in [-0.3, -0.25) is 4.79 Å². The van der Waals surface area contributed by atoms with Gasteiger partial charge < -0.3 is 21.2 Å². The van der Waals surface area contributed by atoms with E-state index in [1.165, 1.54) is 0 Å². The first kappa shape index (κ1) is 19.1. The third-order valence-electron chi connectivity index (χ3n) is 3.69. The molecule has 6 nitrogen and oxygen atoms in total. The molecule has 0 aliphatic carbocycles. The highest BCUT2D eigenvalue weighted by molar-refractivity contribution is 5.79. The molecule has 1 amide bonds. The SMILES string of the molecule is C=C(C)C1C=C(CCC(=O)NC(C=O)CCCNCN)[N+]#CC1. The van der Waals surface area contributed by atoms with E-state index in [4.69, 9.17) is 5.73 Å². The summed E-state index contributed by atoms with van der Waals surface area (Å²) in [5.41, 5.74) is 7.25. The van der Waals surface area contributed by atoms with E-state index in [-0.39, 0.29) is 11.8 Å².